The fourth-order valence-corrected chi connectivity index (χ4v) is 2.87. The highest BCUT2D eigenvalue weighted by Gasteiger charge is 2.37. The normalized spacial score (nSPS) is 13.2. The van der Waals surface area contributed by atoms with E-state index in [1.807, 2.05) is 18.4 Å². The molecule has 1 aromatic rings. The van der Waals surface area contributed by atoms with Crippen molar-refractivity contribution in [3.63, 3.8) is 0 Å². The topological polar surface area (TPSA) is 90.7 Å². The molecule has 4 nitrogen and oxygen atoms in total. The number of hydrogen-bond acceptors (Lipinski definition) is 5. The molecular formula is C17H21N3OS. The van der Waals surface area contributed by atoms with Gasteiger partial charge < -0.3 is 5.73 Å². The lowest BCUT2D eigenvalue weighted by molar-refractivity contribution is 0.0832. The monoisotopic (exact) mass is 315 g/mol. The number of nitrogens with two attached hydrogens (primary N) is 1. The summed E-state index contributed by atoms with van der Waals surface area (Å²) in [6.45, 7) is 1.71. The van der Waals surface area contributed by atoms with E-state index < -0.39 is 5.54 Å². The smallest absolute Gasteiger partial charge is 0.182 e. The standard InChI is InChI=1S/C17H21N3OS/c1-17(20,14(5-3-11-18)6-4-12-19)16(21)13-7-9-15(22-2)10-8-13/h7-10,14H,3-6,20H2,1-2H3. The first-order valence-electron chi connectivity index (χ1n) is 7.19. The molecule has 116 valence electrons. The molecule has 0 heterocycles. The Morgan fingerprint density at radius 1 is 1.23 bits per heavy atom. The molecule has 22 heavy (non-hydrogen) atoms. The van der Waals surface area contributed by atoms with Crippen molar-refractivity contribution < 1.29 is 4.79 Å². The second-order valence-electron chi connectivity index (χ2n) is 5.43. The van der Waals surface area contributed by atoms with Gasteiger partial charge in [-0.2, -0.15) is 10.5 Å². The molecule has 0 saturated carbocycles. The van der Waals surface area contributed by atoms with Crippen LogP contribution in [0, 0.1) is 28.6 Å². The summed E-state index contributed by atoms with van der Waals surface area (Å²) in [6, 6.07) is 11.5. The molecule has 0 spiro atoms. The van der Waals surface area contributed by atoms with E-state index in [1.165, 1.54) is 0 Å². The Morgan fingerprint density at radius 2 is 1.73 bits per heavy atom. The summed E-state index contributed by atoms with van der Waals surface area (Å²) < 4.78 is 0. The van der Waals surface area contributed by atoms with Crippen molar-refractivity contribution in [2.45, 2.75) is 43.0 Å². The lowest BCUT2D eigenvalue weighted by Crippen LogP contribution is -2.51. The minimum atomic E-state index is -1.07. The molecule has 0 fully saturated rings. The van der Waals surface area contributed by atoms with E-state index in [1.54, 1.807) is 30.8 Å². The van der Waals surface area contributed by atoms with E-state index >= 15 is 0 Å². The zero-order valence-electron chi connectivity index (χ0n) is 13.0. The van der Waals surface area contributed by atoms with Crippen LogP contribution in [0.4, 0.5) is 0 Å². The van der Waals surface area contributed by atoms with Crippen LogP contribution < -0.4 is 5.73 Å². The molecule has 0 aliphatic carbocycles. The van der Waals surface area contributed by atoms with Gasteiger partial charge in [0.05, 0.1) is 17.7 Å². The molecule has 0 saturated heterocycles. The zero-order chi connectivity index (χ0) is 16.6. The first-order valence-corrected chi connectivity index (χ1v) is 8.41. The Morgan fingerprint density at radius 3 is 2.14 bits per heavy atom. The van der Waals surface area contributed by atoms with Crippen LogP contribution >= 0.6 is 11.8 Å². The number of nitriles is 2. The molecule has 0 bridgehead atoms. The van der Waals surface area contributed by atoms with Crippen LogP contribution in [-0.4, -0.2) is 17.6 Å². The summed E-state index contributed by atoms with van der Waals surface area (Å²) in [5.41, 5.74) is 5.81. The van der Waals surface area contributed by atoms with Crippen LogP contribution in [0.25, 0.3) is 0 Å². The van der Waals surface area contributed by atoms with Crippen molar-refractivity contribution in [1.29, 1.82) is 10.5 Å². The Labute approximate surface area is 136 Å². The fraction of sp³-hybridized carbons (Fsp3) is 0.471. The maximum absolute atomic E-state index is 12.7. The molecule has 2 N–H and O–H groups in total. The maximum Gasteiger partial charge on any atom is 0.182 e. The molecular weight excluding hydrogens is 294 g/mol. The van der Waals surface area contributed by atoms with Gasteiger partial charge in [0.25, 0.3) is 0 Å². The highest BCUT2D eigenvalue weighted by Crippen LogP contribution is 2.28. The zero-order valence-corrected chi connectivity index (χ0v) is 13.8. The molecule has 5 heteroatoms. The van der Waals surface area contributed by atoms with Crippen molar-refractivity contribution in [3.05, 3.63) is 29.8 Å². The van der Waals surface area contributed by atoms with E-state index in [4.69, 9.17) is 16.3 Å². The number of benzene rings is 1. The third kappa shape index (κ3) is 4.59. The molecule has 1 atom stereocenters. The van der Waals surface area contributed by atoms with Gasteiger partial charge in [-0.15, -0.1) is 11.8 Å². The number of rotatable bonds is 8. The van der Waals surface area contributed by atoms with Gasteiger partial charge in [-0.3, -0.25) is 4.79 Å². The van der Waals surface area contributed by atoms with Gasteiger partial charge in [0.1, 0.15) is 0 Å². The summed E-state index contributed by atoms with van der Waals surface area (Å²) in [6.07, 6.45) is 3.70. The highest BCUT2D eigenvalue weighted by atomic mass is 32.2. The third-order valence-electron chi connectivity index (χ3n) is 3.90. The van der Waals surface area contributed by atoms with Crippen molar-refractivity contribution >= 4 is 17.5 Å². The van der Waals surface area contributed by atoms with Gasteiger partial charge in [0, 0.05) is 23.3 Å². The van der Waals surface area contributed by atoms with Crippen molar-refractivity contribution in [3.8, 4) is 12.1 Å². The van der Waals surface area contributed by atoms with Crippen LogP contribution in [0.3, 0.4) is 0 Å². The summed E-state index contributed by atoms with van der Waals surface area (Å²) >= 11 is 1.61. The lowest BCUT2D eigenvalue weighted by atomic mass is 9.76. The molecule has 1 unspecified atom stereocenters. The van der Waals surface area contributed by atoms with Crippen LogP contribution in [0.5, 0.6) is 0 Å². The van der Waals surface area contributed by atoms with Crippen LogP contribution in [0.1, 0.15) is 43.0 Å². The highest BCUT2D eigenvalue weighted by molar-refractivity contribution is 7.98. The summed E-state index contributed by atoms with van der Waals surface area (Å²) in [5.74, 6) is -0.319. The van der Waals surface area contributed by atoms with Gasteiger partial charge in [0.2, 0.25) is 0 Å². The van der Waals surface area contributed by atoms with Gasteiger partial charge >= 0.3 is 0 Å². The minimum absolute atomic E-state index is 0.138. The largest absolute Gasteiger partial charge is 0.319 e. The summed E-state index contributed by atoms with van der Waals surface area (Å²) in [4.78, 5) is 13.8. The maximum atomic E-state index is 12.7. The quantitative estimate of drug-likeness (QED) is 0.585. The molecule has 1 rings (SSSR count). The number of carbonyl (C=O) groups is 1. The summed E-state index contributed by atoms with van der Waals surface area (Å²) in [5, 5.41) is 17.6. The van der Waals surface area contributed by atoms with E-state index in [0.29, 0.717) is 31.2 Å². The van der Waals surface area contributed by atoms with Crippen LogP contribution in [-0.2, 0) is 0 Å². The van der Waals surface area contributed by atoms with Gasteiger partial charge in [-0.1, -0.05) is 12.1 Å². The summed E-state index contributed by atoms with van der Waals surface area (Å²) in [7, 11) is 0. The molecule has 1 aromatic carbocycles. The predicted molar refractivity (Wildman–Crippen MR) is 88.3 cm³/mol. The molecule has 0 radical (unpaired) electrons. The number of Topliss-reactive ketones (excluding diaryl/α,β-unsaturated/α-hetero) is 1. The molecule has 0 aromatic heterocycles. The van der Waals surface area contributed by atoms with Crippen molar-refractivity contribution in [1.82, 2.24) is 0 Å². The Kier molecular flexibility index (Phi) is 7.11. The molecule has 0 aliphatic rings. The van der Waals surface area contributed by atoms with E-state index in [-0.39, 0.29) is 11.7 Å². The van der Waals surface area contributed by atoms with E-state index in [9.17, 15) is 4.79 Å². The number of ketones is 1. The average molecular weight is 315 g/mol. The first-order chi connectivity index (χ1) is 10.5. The van der Waals surface area contributed by atoms with Crippen molar-refractivity contribution in [2.75, 3.05) is 6.26 Å². The number of hydrogen-bond donors (Lipinski definition) is 1. The molecule has 0 amide bonds. The Bertz CT molecular complexity index is 563. The Balaban J connectivity index is 2.97. The molecule has 0 aliphatic heterocycles. The first kappa shape index (κ1) is 18.2. The number of thioether (sulfide) groups is 1. The lowest BCUT2D eigenvalue weighted by Gasteiger charge is -2.32. The average Bonchev–Trinajstić information content (AvgIpc) is 2.54. The fourth-order valence-electron chi connectivity index (χ4n) is 2.46. The third-order valence-corrected chi connectivity index (χ3v) is 4.64. The van der Waals surface area contributed by atoms with Crippen molar-refractivity contribution in [2.24, 2.45) is 11.7 Å². The second-order valence-corrected chi connectivity index (χ2v) is 6.31. The van der Waals surface area contributed by atoms with E-state index in [0.717, 1.165) is 4.90 Å². The predicted octanol–water partition coefficient (Wildman–Crippen LogP) is 3.53. The van der Waals surface area contributed by atoms with Gasteiger partial charge in [0.15, 0.2) is 5.78 Å². The Hall–Kier alpha value is -1.82. The van der Waals surface area contributed by atoms with Crippen LogP contribution in [0.2, 0.25) is 0 Å². The number of carbonyl (C=O) groups excluding carboxylic acids is 1. The SMILES string of the molecule is CSc1ccc(C(=O)C(C)(N)C(CCC#N)CCC#N)cc1. The number of nitrogens with zero attached hydrogens (tertiary/aromatic N) is 2. The second kappa shape index (κ2) is 8.58. The van der Waals surface area contributed by atoms with Crippen LogP contribution in [0.15, 0.2) is 29.2 Å². The minimum Gasteiger partial charge on any atom is -0.319 e. The van der Waals surface area contributed by atoms with E-state index in [2.05, 4.69) is 12.1 Å². The van der Waals surface area contributed by atoms with Gasteiger partial charge in [-0.25, -0.2) is 0 Å². The van der Waals surface area contributed by atoms with Gasteiger partial charge in [-0.05, 0) is 44.1 Å².